The van der Waals surface area contributed by atoms with E-state index in [4.69, 9.17) is 0 Å². The number of carboxylic acid groups (broad SMARTS) is 1. The number of nitrogens with zero attached hydrogens (tertiary/aromatic N) is 1. The molecule has 0 N–H and O–H groups in total. The van der Waals surface area contributed by atoms with Crippen LogP contribution < -0.4 is 5.11 Å². The quantitative estimate of drug-likeness (QED) is 0.340. The Morgan fingerprint density at radius 2 is 1.14 bits per heavy atom. The Kier molecular flexibility index (Phi) is 12.6. The minimum absolute atomic E-state index is 0.372. The summed E-state index contributed by atoms with van der Waals surface area (Å²) in [6.07, 6.45) is 16.5. The summed E-state index contributed by atoms with van der Waals surface area (Å²) >= 11 is 0. The number of likely N-dealkylation sites (N-methyl/N-ethyl adjacent to an activating group) is 1. The Balaban J connectivity index is 3.41. The first-order valence-electron chi connectivity index (χ1n) is 9.41. The molecule has 132 valence electrons. The predicted octanol–water partition coefficient (Wildman–Crippen LogP) is 3.90. The Hall–Kier alpha value is -0.570. The lowest BCUT2D eigenvalue weighted by atomic mass is 10.0. The van der Waals surface area contributed by atoms with Gasteiger partial charge in [0.15, 0.2) is 0 Å². The molecule has 0 amide bonds. The van der Waals surface area contributed by atoms with E-state index in [0.29, 0.717) is 4.48 Å². The summed E-state index contributed by atoms with van der Waals surface area (Å²) in [6, 6.07) is -0.372. The number of carboxylic acids is 1. The van der Waals surface area contributed by atoms with Gasteiger partial charge in [0.05, 0.1) is 27.1 Å². The van der Waals surface area contributed by atoms with E-state index in [-0.39, 0.29) is 6.04 Å². The summed E-state index contributed by atoms with van der Waals surface area (Å²) in [7, 11) is 5.79. The molecule has 1 atom stereocenters. The number of aliphatic carboxylic acids is 1. The second-order valence-corrected chi connectivity index (χ2v) is 7.63. The average Bonchev–Trinajstić information content (AvgIpc) is 2.42. The summed E-state index contributed by atoms with van der Waals surface area (Å²) in [6.45, 7) is 2.26. The lowest BCUT2D eigenvalue weighted by Crippen LogP contribution is -2.54. The predicted molar refractivity (Wildman–Crippen MR) is 92.5 cm³/mol. The van der Waals surface area contributed by atoms with E-state index in [1.54, 1.807) is 0 Å². The first-order chi connectivity index (χ1) is 10.4. The van der Waals surface area contributed by atoms with Gasteiger partial charge in [-0.3, -0.25) is 0 Å². The minimum atomic E-state index is -0.907. The van der Waals surface area contributed by atoms with Crippen LogP contribution in [0.3, 0.4) is 0 Å². The largest absolute Gasteiger partial charge is 0.544 e. The van der Waals surface area contributed by atoms with Crippen molar-refractivity contribution >= 4 is 5.97 Å². The molecule has 3 heteroatoms. The highest BCUT2D eigenvalue weighted by Gasteiger charge is 2.24. The number of hydrogen-bond donors (Lipinski definition) is 0. The van der Waals surface area contributed by atoms with Crippen molar-refractivity contribution in [3.63, 3.8) is 0 Å². The summed E-state index contributed by atoms with van der Waals surface area (Å²) in [4.78, 5) is 11.2. The summed E-state index contributed by atoms with van der Waals surface area (Å²) in [5.41, 5.74) is 0. The number of quaternary nitrogens is 1. The maximum Gasteiger partial charge on any atom is 0.129 e. The fourth-order valence-electron chi connectivity index (χ4n) is 3.00. The number of unbranched alkanes of at least 4 members (excludes halogenated alkanes) is 11. The molecule has 0 saturated carbocycles. The molecule has 0 fully saturated rings. The molecule has 0 aliphatic rings. The molecule has 0 saturated heterocycles. The van der Waals surface area contributed by atoms with Crippen LogP contribution in [0.15, 0.2) is 0 Å². The van der Waals surface area contributed by atoms with Crippen molar-refractivity contribution in [2.45, 2.75) is 96.4 Å². The Bertz CT molecular complexity index is 271. The smallest absolute Gasteiger partial charge is 0.129 e. The van der Waals surface area contributed by atoms with Gasteiger partial charge >= 0.3 is 0 Å². The van der Waals surface area contributed by atoms with Crippen LogP contribution in [0.2, 0.25) is 0 Å². The van der Waals surface area contributed by atoms with E-state index >= 15 is 0 Å². The molecule has 22 heavy (non-hydrogen) atoms. The summed E-state index contributed by atoms with van der Waals surface area (Å²) in [5, 5.41) is 11.2. The van der Waals surface area contributed by atoms with Crippen LogP contribution in [-0.4, -0.2) is 37.6 Å². The van der Waals surface area contributed by atoms with Gasteiger partial charge in [-0.25, -0.2) is 0 Å². The van der Waals surface area contributed by atoms with Crippen LogP contribution in [0.5, 0.6) is 0 Å². The van der Waals surface area contributed by atoms with E-state index in [0.717, 1.165) is 19.3 Å². The SMILES string of the molecule is CCCCCCCCCCCCCCC(C(=O)[O-])[N+](C)(C)C. The third-order valence-corrected chi connectivity index (χ3v) is 4.54. The molecule has 1 unspecified atom stereocenters. The first-order valence-corrected chi connectivity index (χ1v) is 9.41. The van der Waals surface area contributed by atoms with Crippen molar-refractivity contribution in [3.05, 3.63) is 0 Å². The lowest BCUT2D eigenvalue weighted by molar-refractivity contribution is -0.889. The number of carbonyl (C=O) groups excluding carboxylic acids is 1. The van der Waals surface area contributed by atoms with E-state index in [9.17, 15) is 9.90 Å². The third-order valence-electron chi connectivity index (χ3n) is 4.54. The summed E-state index contributed by atoms with van der Waals surface area (Å²) in [5.74, 6) is -0.907. The molecule has 3 nitrogen and oxygen atoms in total. The second-order valence-electron chi connectivity index (χ2n) is 7.63. The molecular weight excluding hydrogens is 274 g/mol. The fraction of sp³-hybridized carbons (Fsp3) is 0.947. The monoisotopic (exact) mass is 313 g/mol. The molecule has 0 spiro atoms. The van der Waals surface area contributed by atoms with Gasteiger partial charge in [-0.1, -0.05) is 77.6 Å². The molecule has 0 aliphatic carbocycles. The maximum atomic E-state index is 11.2. The zero-order valence-corrected chi connectivity index (χ0v) is 15.5. The maximum absolute atomic E-state index is 11.2. The molecule has 0 radical (unpaired) electrons. The minimum Gasteiger partial charge on any atom is -0.544 e. The number of rotatable bonds is 15. The molecular formula is C19H39NO2. The normalized spacial score (nSPS) is 13.3. The van der Waals surface area contributed by atoms with Gasteiger partial charge in [-0.15, -0.1) is 0 Å². The van der Waals surface area contributed by atoms with Crippen LogP contribution in [0.25, 0.3) is 0 Å². The molecule has 0 rings (SSSR count). The van der Waals surface area contributed by atoms with Gasteiger partial charge in [0, 0.05) is 6.42 Å². The Labute approximate surface area is 138 Å². The van der Waals surface area contributed by atoms with E-state index < -0.39 is 5.97 Å². The number of hydrogen-bond acceptors (Lipinski definition) is 2. The highest BCUT2D eigenvalue weighted by atomic mass is 16.4. The van der Waals surface area contributed by atoms with Crippen molar-refractivity contribution in [2.24, 2.45) is 0 Å². The highest BCUT2D eigenvalue weighted by molar-refractivity contribution is 5.69. The van der Waals surface area contributed by atoms with Crippen LogP contribution in [0.1, 0.15) is 90.4 Å². The van der Waals surface area contributed by atoms with Crippen molar-refractivity contribution in [3.8, 4) is 0 Å². The highest BCUT2D eigenvalue weighted by Crippen LogP contribution is 2.15. The molecule has 0 aromatic carbocycles. The van der Waals surface area contributed by atoms with Gasteiger partial charge in [0.25, 0.3) is 0 Å². The van der Waals surface area contributed by atoms with Crippen LogP contribution >= 0.6 is 0 Å². The number of carbonyl (C=O) groups is 1. The van der Waals surface area contributed by atoms with E-state index in [1.807, 2.05) is 21.1 Å². The van der Waals surface area contributed by atoms with Crippen LogP contribution in [-0.2, 0) is 4.79 Å². The average molecular weight is 314 g/mol. The Morgan fingerprint density at radius 3 is 1.45 bits per heavy atom. The molecule has 0 aromatic heterocycles. The van der Waals surface area contributed by atoms with Crippen molar-refractivity contribution in [2.75, 3.05) is 21.1 Å². The molecule has 0 aliphatic heterocycles. The Morgan fingerprint density at radius 1 is 0.773 bits per heavy atom. The zero-order chi connectivity index (χ0) is 16.8. The van der Waals surface area contributed by atoms with Crippen molar-refractivity contribution in [1.82, 2.24) is 0 Å². The zero-order valence-electron chi connectivity index (χ0n) is 15.5. The van der Waals surface area contributed by atoms with Gasteiger partial charge < -0.3 is 14.4 Å². The standard InChI is InChI=1S/C19H39NO2/c1-5-6-7-8-9-10-11-12-13-14-15-16-17-18(19(21)22)20(2,3)4/h18H,5-17H2,1-4H3. The van der Waals surface area contributed by atoms with Gasteiger partial charge in [-0.2, -0.15) is 0 Å². The van der Waals surface area contributed by atoms with Crippen LogP contribution in [0.4, 0.5) is 0 Å². The topological polar surface area (TPSA) is 40.1 Å². The second kappa shape index (κ2) is 12.9. The molecule has 0 aromatic rings. The van der Waals surface area contributed by atoms with Crippen molar-refractivity contribution in [1.29, 1.82) is 0 Å². The summed E-state index contributed by atoms with van der Waals surface area (Å²) < 4.78 is 0.459. The first kappa shape index (κ1) is 21.4. The van der Waals surface area contributed by atoms with Gasteiger partial charge in [0.2, 0.25) is 0 Å². The van der Waals surface area contributed by atoms with Gasteiger partial charge in [0.1, 0.15) is 6.04 Å². The van der Waals surface area contributed by atoms with Crippen molar-refractivity contribution < 1.29 is 14.4 Å². The molecule has 0 heterocycles. The van der Waals surface area contributed by atoms with E-state index in [1.165, 1.54) is 64.2 Å². The lowest BCUT2D eigenvalue weighted by Gasteiger charge is -2.34. The third kappa shape index (κ3) is 12.0. The molecule has 0 bridgehead atoms. The van der Waals surface area contributed by atoms with Gasteiger partial charge in [-0.05, 0) is 6.42 Å². The fourth-order valence-corrected chi connectivity index (χ4v) is 3.00. The van der Waals surface area contributed by atoms with Crippen LogP contribution in [0, 0.1) is 0 Å². The van der Waals surface area contributed by atoms with E-state index in [2.05, 4.69) is 6.92 Å².